The molecule has 0 saturated heterocycles. The van der Waals surface area contributed by atoms with Crippen molar-refractivity contribution in [2.24, 2.45) is 0 Å². The molecule has 18 heavy (non-hydrogen) atoms. The van der Waals surface area contributed by atoms with Crippen molar-refractivity contribution >= 4 is 45.0 Å². The summed E-state index contributed by atoms with van der Waals surface area (Å²) in [6, 6.07) is -0.312. The highest BCUT2D eigenvalue weighted by Crippen LogP contribution is 2.21. The monoisotopic (exact) mass is 334 g/mol. The van der Waals surface area contributed by atoms with Crippen LogP contribution in [-0.2, 0) is 4.74 Å². The lowest BCUT2D eigenvalue weighted by Crippen LogP contribution is -2.30. The summed E-state index contributed by atoms with van der Waals surface area (Å²) in [7, 11) is 1.31. The Morgan fingerprint density at radius 2 is 2.17 bits per heavy atom. The third-order valence-corrected chi connectivity index (χ3v) is 3.47. The number of amides is 2. The molecule has 0 aromatic carbocycles. The van der Waals surface area contributed by atoms with Crippen molar-refractivity contribution in [3.05, 3.63) is 16.3 Å². The van der Waals surface area contributed by atoms with Crippen LogP contribution in [0.4, 0.5) is 10.5 Å². The second-order valence-corrected chi connectivity index (χ2v) is 5.00. The van der Waals surface area contributed by atoms with E-state index in [1.54, 1.807) is 10.8 Å². The molecule has 0 fully saturated rings. The van der Waals surface area contributed by atoms with Crippen molar-refractivity contribution in [3.8, 4) is 0 Å². The fourth-order valence-corrected chi connectivity index (χ4v) is 2.40. The molecule has 0 unspecified atom stereocenters. The van der Waals surface area contributed by atoms with E-state index in [0.717, 1.165) is 18.2 Å². The largest absolute Gasteiger partial charge is 0.465 e. The van der Waals surface area contributed by atoms with Gasteiger partial charge in [0.15, 0.2) is 0 Å². The number of carbonyl (C=O) groups is 2. The molecule has 2 amide bonds. The molecule has 0 aliphatic carbocycles. The topological polar surface area (TPSA) is 67.4 Å². The van der Waals surface area contributed by atoms with Crippen LogP contribution in [-0.4, -0.2) is 31.0 Å². The Kier molecular flexibility index (Phi) is 6.74. The molecule has 0 aliphatic heterocycles. The maximum Gasteiger partial charge on any atom is 0.340 e. The zero-order chi connectivity index (χ0) is 13.4. The van der Waals surface area contributed by atoms with E-state index in [4.69, 9.17) is 0 Å². The highest BCUT2D eigenvalue weighted by Gasteiger charge is 2.14. The number of halogens is 1. The molecule has 0 aliphatic rings. The van der Waals surface area contributed by atoms with E-state index < -0.39 is 5.97 Å². The number of ether oxygens (including phenoxy) is 1. The van der Waals surface area contributed by atoms with Crippen molar-refractivity contribution in [2.75, 3.05) is 24.3 Å². The number of alkyl halides is 1. The van der Waals surface area contributed by atoms with E-state index in [2.05, 4.69) is 31.3 Å². The van der Waals surface area contributed by atoms with Crippen molar-refractivity contribution < 1.29 is 14.3 Å². The summed E-state index contributed by atoms with van der Waals surface area (Å²) in [5.41, 5.74) is 0.850. The Balaban J connectivity index is 2.44. The summed E-state index contributed by atoms with van der Waals surface area (Å²) < 4.78 is 4.62. The van der Waals surface area contributed by atoms with Gasteiger partial charge >= 0.3 is 12.0 Å². The standard InChI is InChI=1S/C11H15BrN2O3S/c1-17-10(15)8-6-18-7-9(8)14-11(16)13-5-3-2-4-12/h6-7H,2-5H2,1H3,(H2,13,14,16). The van der Waals surface area contributed by atoms with Crippen LogP contribution in [0.5, 0.6) is 0 Å². The maximum atomic E-state index is 11.6. The molecule has 100 valence electrons. The quantitative estimate of drug-likeness (QED) is 0.477. The zero-order valence-corrected chi connectivity index (χ0v) is 12.4. The molecule has 0 atom stereocenters. The second-order valence-electron chi connectivity index (χ2n) is 3.47. The van der Waals surface area contributed by atoms with Gasteiger partial charge in [-0.15, -0.1) is 11.3 Å². The lowest BCUT2D eigenvalue weighted by atomic mass is 10.3. The van der Waals surface area contributed by atoms with Crippen LogP contribution in [0, 0.1) is 0 Å². The molecule has 0 saturated carbocycles. The molecule has 1 aromatic heterocycles. The van der Waals surface area contributed by atoms with Crippen molar-refractivity contribution in [1.82, 2.24) is 5.32 Å². The number of hydrogen-bond donors (Lipinski definition) is 2. The minimum Gasteiger partial charge on any atom is -0.465 e. The second kappa shape index (κ2) is 8.10. The molecule has 0 spiro atoms. The summed E-state index contributed by atoms with van der Waals surface area (Å²) in [5.74, 6) is -0.453. The number of esters is 1. The lowest BCUT2D eigenvalue weighted by Gasteiger charge is -2.07. The van der Waals surface area contributed by atoms with Gasteiger partial charge in [-0.1, -0.05) is 15.9 Å². The first-order valence-corrected chi connectivity index (χ1v) is 7.50. The number of methoxy groups -OCH3 is 1. The van der Waals surface area contributed by atoms with E-state index in [0.29, 0.717) is 17.8 Å². The highest BCUT2D eigenvalue weighted by molar-refractivity contribution is 9.09. The van der Waals surface area contributed by atoms with Crippen LogP contribution < -0.4 is 10.6 Å². The molecule has 0 bridgehead atoms. The molecule has 1 aromatic rings. The van der Waals surface area contributed by atoms with E-state index in [-0.39, 0.29) is 6.03 Å². The van der Waals surface area contributed by atoms with Gasteiger partial charge in [-0.2, -0.15) is 0 Å². The molecule has 2 N–H and O–H groups in total. The first-order chi connectivity index (χ1) is 8.69. The third kappa shape index (κ3) is 4.66. The number of urea groups is 1. The Hall–Kier alpha value is -1.08. The summed E-state index contributed by atoms with van der Waals surface area (Å²) in [5, 5.41) is 9.62. The molecule has 1 rings (SSSR count). The van der Waals surface area contributed by atoms with Crippen LogP contribution in [0.25, 0.3) is 0 Å². The summed E-state index contributed by atoms with van der Waals surface area (Å²) in [6.07, 6.45) is 1.91. The van der Waals surface area contributed by atoms with Gasteiger partial charge in [0.2, 0.25) is 0 Å². The van der Waals surface area contributed by atoms with Crippen molar-refractivity contribution in [3.63, 3.8) is 0 Å². The Morgan fingerprint density at radius 1 is 1.39 bits per heavy atom. The average molecular weight is 335 g/mol. The molecule has 7 heteroatoms. The number of nitrogens with one attached hydrogen (secondary N) is 2. The van der Waals surface area contributed by atoms with E-state index in [1.807, 2.05) is 0 Å². The normalized spacial score (nSPS) is 9.89. The molecular formula is C11H15BrN2O3S. The molecule has 0 radical (unpaired) electrons. The number of unbranched alkanes of at least 4 members (excludes halogenated alkanes) is 1. The van der Waals surface area contributed by atoms with Gasteiger partial charge in [-0.3, -0.25) is 0 Å². The number of rotatable bonds is 6. The maximum absolute atomic E-state index is 11.6. The number of anilines is 1. The van der Waals surface area contributed by atoms with Crippen LogP contribution in [0.15, 0.2) is 10.8 Å². The van der Waals surface area contributed by atoms with Crippen LogP contribution in [0.2, 0.25) is 0 Å². The van der Waals surface area contributed by atoms with Crippen molar-refractivity contribution in [2.45, 2.75) is 12.8 Å². The molecular weight excluding hydrogens is 320 g/mol. The van der Waals surface area contributed by atoms with Crippen molar-refractivity contribution in [1.29, 1.82) is 0 Å². The van der Waals surface area contributed by atoms with Gasteiger partial charge in [0.05, 0.1) is 18.4 Å². The predicted molar refractivity (Wildman–Crippen MR) is 75.7 cm³/mol. The van der Waals surface area contributed by atoms with E-state index in [9.17, 15) is 9.59 Å². The SMILES string of the molecule is COC(=O)c1cscc1NC(=O)NCCCCBr. The Bertz CT molecular complexity index is 409. The van der Waals surface area contributed by atoms with Gasteiger partial charge in [0.1, 0.15) is 0 Å². The molecule has 5 nitrogen and oxygen atoms in total. The number of carbonyl (C=O) groups excluding carboxylic acids is 2. The zero-order valence-electron chi connectivity index (χ0n) is 9.99. The smallest absolute Gasteiger partial charge is 0.340 e. The Morgan fingerprint density at radius 3 is 2.83 bits per heavy atom. The minimum atomic E-state index is -0.453. The Labute approximate surface area is 118 Å². The fourth-order valence-electron chi connectivity index (χ4n) is 1.25. The first kappa shape index (κ1) is 15.0. The first-order valence-electron chi connectivity index (χ1n) is 5.44. The summed E-state index contributed by atoms with van der Waals surface area (Å²) in [6.45, 7) is 0.606. The van der Waals surface area contributed by atoms with Gasteiger partial charge in [0.25, 0.3) is 0 Å². The third-order valence-electron chi connectivity index (χ3n) is 2.16. The van der Waals surface area contributed by atoms with Gasteiger partial charge in [-0.25, -0.2) is 9.59 Å². The van der Waals surface area contributed by atoms with Gasteiger partial charge < -0.3 is 15.4 Å². The van der Waals surface area contributed by atoms with Crippen LogP contribution in [0.1, 0.15) is 23.2 Å². The number of hydrogen-bond acceptors (Lipinski definition) is 4. The summed E-state index contributed by atoms with van der Waals surface area (Å²) in [4.78, 5) is 22.9. The predicted octanol–water partition coefficient (Wildman–Crippen LogP) is 2.83. The molecule has 1 heterocycles. The minimum absolute atomic E-state index is 0.312. The van der Waals surface area contributed by atoms with Gasteiger partial charge in [-0.05, 0) is 12.8 Å². The lowest BCUT2D eigenvalue weighted by molar-refractivity contribution is 0.0602. The highest BCUT2D eigenvalue weighted by atomic mass is 79.9. The summed E-state index contributed by atoms with van der Waals surface area (Å²) >= 11 is 4.65. The fraction of sp³-hybridized carbons (Fsp3) is 0.455. The van der Waals surface area contributed by atoms with Gasteiger partial charge in [0, 0.05) is 22.6 Å². The van der Waals surface area contributed by atoms with Crippen LogP contribution >= 0.6 is 27.3 Å². The van der Waals surface area contributed by atoms with E-state index >= 15 is 0 Å². The number of thiophene rings is 1. The van der Waals surface area contributed by atoms with Crippen LogP contribution in [0.3, 0.4) is 0 Å². The average Bonchev–Trinajstić information content (AvgIpc) is 2.82. The van der Waals surface area contributed by atoms with E-state index in [1.165, 1.54) is 18.4 Å².